The van der Waals surface area contributed by atoms with Crippen LogP contribution in [0.2, 0.25) is 0 Å². The van der Waals surface area contributed by atoms with Crippen LogP contribution in [0.5, 0.6) is 0 Å². The lowest BCUT2D eigenvalue weighted by molar-refractivity contribution is 0.0704. The second-order valence-electron chi connectivity index (χ2n) is 8.07. The molecule has 1 aliphatic rings. The third-order valence-corrected chi connectivity index (χ3v) is 5.71. The van der Waals surface area contributed by atoms with Crippen molar-refractivity contribution in [3.05, 3.63) is 87.5 Å². The number of nitrogens with one attached hydrogen (secondary N) is 3. The summed E-state index contributed by atoms with van der Waals surface area (Å²) in [4.78, 5) is 35.1. The average Bonchev–Trinajstić information content (AvgIpc) is 2.84. The molecule has 0 bridgehead atoms. The summed E-state index contributed by atoms with van der Waals surface area (Å²) >= 11 is 0. The number of aromatic nitrogens is 2. The molecule has 33 heavy (non-hydrogen) atoms. The number of nitriles is 1. The van der Waals surface area contributed by atoms with Crippen molar-refractivity contribution < 1.29 is 4.79 Å². The Hall–Kier alpha value is -4.25. The second-order valence-corrected chi connectivity index (χ2v) is 8.07. The van der Waals surface area contributed by atoms with Gasteiger partial charge in [0.1, 0.15) is 17.2 Å². The molecule has 3 N–H and O–H groups in total. The fourth-order valence-corrected chi connectivity index (χ4v) is 4.04. The fraction of sp³-hybridized carbons (Fsp3) is 0.240. The van der Waals surface area contributed by atoms with Crippen LogP contribution in [-0.2, 0) is 0 Å². The molecule has 1 aromatic heterocycles. The molecule has 1 fully saturated rings. The Morgan fingerprint density at radius 1 is 1.21 bits per heavy atom. The average molecular weight is 441 g/mol. The van der Waals surface area contributed by atoms with E-state index in [-0.39, 0.29) is 28.7 Å². The maximum atomic E-state index is 13.0. The number of rotatable bonds is 5. The number of para-hydroxylation sites is 1. The molecule has 8 nitrogen and oxygen atoms in total. The van der Waals surface area contributed by atoms with E-state index in [1.54, 1.807) is 36.1 Å². The first kappa shape index (κ1) is 22.0. The quantitative estimate of drug-likeness (QED) is 0.521. The van der Waals surface area contributed by atoms with E-state index in [4.69, 9.17) is 10.7 Å². The van der Waals surface area contributed by atoms with Crippen LogP contribution in [-0.4, -0.2) is 39.6 Å². The minimum absolute atomic E-state index is 0.110. The van der Waals surface area contributed by atoms with Gasteiger partial charge >= 0.3 is 0 Å². The number of piperidine rings is 1. The Morgan fingerprint density at radius 3 is 2.61 bits per heavy atom. The van der Waals surface area contributed by atoms with Gasteiger partial charge in [0.15, 0.2) is 0 Å². The molecular formula is C25H24N6O2. The van der Waals surface area contributed by atoms with Crippen LogP contribution in [0.25, 0.3) is 0 Å². The highest BCUT2D eigenvalue weighted by atomic mass is 16.2. The molecule has 0 spiro atoms. The maximum Gasteiger partial charge on any atom is 0.262 e. The Morgan fingerprint density at radius 2 is 1.94 bits per heavy atom. The predicted octanol–water partition coefficient (Wildman–Crippen LogP) is 3.79. The van der Waals surface area contributed by atoms with Gasteiger partial charge in [0, 0.05) is 36.0 Å². The summed E-state index contributed by atoms with van der Waals surface area (Å²) in [6.07, 6.45) is 1.57. The molecule has 1 saturated heterocycles. The van der Waals surface area contributed by atoms with Crippen molar-refractivity contribution in [2.45, 2.75) is 25.7 Å². The van der Waals surface area contributed by atoms with E-state index < -0.39 is 0 Å². The van der Waals surface area contributed by atoms with E-state index in [9.17, 15) is 9.59 Å². The monoisotopic (exact) mass is 440 g/mol. The van der Waals surface area contributed by atoms with E-state index in [1.807, 2.05) is 30.3 Å². The van der Waals surface area contributed by atoms with Gasteiger partial charge in [-0.15, -0.1) is 0 Å². The Balaban J connectivity index is 1.61. The van der Waals surface area contributed by atoms with Crippen molar-refractivity contribution in [2.24, 2.45) is 0 Å². The number of anilines is 2. The van der Waals surface area contributed by atoms with Crippen molar-refractivity contribution in [1.82, 2.24) is 14.9 Å². The van der Waals surface area contributed by atoms with Gasteiger partial charge in [-0.3, -0.25) is 9.59 Å². The van der Waals surface area contributed by atoms with Crippen LogP contribution in [0.3, 0.4) is 0 Å². The van der Waals surface area contributed by atoms with Crippen molar-refractivity contribution >= 4 is 23.1 Å². The van der Waals surface area contributed by atoms with Gasteiger partial charge < -0.3 is 20.6 Å². The smallest absolute Gasteiger partial charge is 0.262 e. The van der Waals surface area contributed by atoms with Gasteiger partial charge in [0.05, 0.1) is 11.6 Å². The fourth-order valence-electron chi connectivity index (χ4n) is 4.04. The molecule has 2 aromatic carbocycles. The van der Waals surface area contributed by atoms with Crippen LogP contribution in [0.4, 0.5) is 11.5 Å². The summed E-state index contributed by atoms with van der Waals surface area (Å²) in [6, 6.07) is 18.0. The van der Waals surface area contributed by atoms with E-state index >= 15 is 0 Å². The number of aromatic amines is 1. The van der Waals surface area contributed by atoms with Crippen LogP contribution in [0.15, 0.2) is 59.4 Å². The molecule has 0 aliphatic carbocycles. The summed E-state index contributed by atoms with van der Waals surface area (Å²) < 4.78 is 0. The van der Waals surface area contributed by atoms with E-state index in [2.05, 4.69) is 21.4 Å². The molecule has 166 valence electrons. The number of likely N-dealkylation sites (tertiary alicyclic amines) is 1. The molecular weight excluding hydrogens is 416 g/mol. The van der Waals surface area contributed by atoms with Gasteiger partial charge in [-0.05, 0) is 56.2 Å². The van der Waals surface area contributed by atoms with Crippen molar-refractivity contribution in [3.8, 4) is 6.07 Å². The lowest BCUT2D eigenvalue weighted by Crippen LogP contribution is -2.40. The first-order chi connectivity index (χ1) is 16.0. The number of carbonyl (C=O) groups excluding carboxylic acids is 1. The number of hydrogen-bond acceptors (Lipinski definition) is 6. The Bertz CT molecular complexity index is 1270. The second kappa shape index (κ2) is 9.49. The van der Waals surface area contributed by atoms with Crippen LogP contribution < -0.4 is 10.9 Å². The SMILES string of the molecule is CC(=N)c1c(Nc2ccccc2)nc(C2CCCN(C(=O)c3ccc(C#N)cc3)C2)[nH]c1=O. The van der Waals surface area contributed by atoms with Crippen LogP contribution in [0, 0.1) is 16.7 Å². The normalized spacial score (nSPS) is 15.5. The molecule has 4 rings (SSSR count). The van der Waals surface area contributed by atoms with Gasteiger partial charge in [-0.25, -0.2) is 4.98 Å². The molecule has 2 heterocycles. The third-order valence-electron chi connectivity index (χ3n) is 5.71. The van der Waals surface area contributed by atoms with Gasteiger partial charge in [-0.2, -0.15) is 5.26 Å². The van der Waals surface area contributed by atoms with Crippen molar-refractivity contribution in [2.75, 3.05) is 18.4 Å². The highest BCUT2D eigenvalue weighted by molar-refractivity contribution is 6.00. The lowest BCUT2D eigenvalue weighted by Gasteiger charge is -2.32. The number of carbonyl (C=O) groups is 1. The molecule has 0 saturated carbocycles. The van der Waals surface area contributed by atoms with Crippen molar-refractivity contribution in [1.29, 1.82) is 10.7 Å². The van der Waals surface area contributed by atoms with Gasteiger partial charge in [0.2, 0.25) is 0 Å². The highest BCUT2D eigenvalue weighted by Crippen LogP contribution is 2.27. The number of amides is 1. The van der Waals surface area contributed by atoms with Crippen LogP contribution >= 0.6 is 0 Å². The third kappa shape index (κ3) is 4.83. The Labute approximate surface area is 191 Å². The number of H-pyrrole nitrogens is 1. The lowest BCUT2D eigenvalue weighted by atomic mass is 9.96. The van der Waals surface area contributed by atoms with Gasteiger partial charge in [-0.1, -0.05) is 18.2 Å². The van der Waals surface area contributed by atoms with Crippen molar-refractivity contribution in [3.63, 3.8) is 0 Å². The summed E-state index contributed by atoms with van der Waals surface area (Å²) in [5, 5.41) is 20.2. The minimum Gasteiger partial charge on any atom is -0.339 e. The minimum atomic E-state index is -0.374. The standard InChI is InChI=1S/C25H24N6O2/c1-16(27)21-23(28-20-7-3-2-4-8-20)29-22(30-24(21)32)19-6-5-13-31(15-19)25(33)18-11-9-17(14-26)10-12-18/h2-4,7-12,19,27H,5-6,13,15H2,1H3,(H2,28,29,30,32). The first-order valence-electron chi connectivity index (χ1n) is 10.8. The zero-order valence-electron chi connectivity index (χ0n) is 18.3. The topological polar surface area (TPSA) is 126 Å². The highest BCUT2D eigenvalue weighted by Gasteiger charge is 2.28. The molecule has 1 atom stereocenters. The van der Waals surface area contributed by atoms with Gasteiger partial charge in [0.25, 0.3) is 11.5 Å². The molecule has 3 aromatic rings. The number of nitrogens with zero attached hydrogens (tertiary/aromatic N) is 3. The molecule has 1 aliphatic heterocycles. The van der Waals surface area contributed by atoms with E-state index in [0.717, 1.165) is 18.5 Å². The molecule has 1 unspecified atom stereocenters. The van der Waals surface area contributed by atoms with E-state index in [1.165, 1.54) is 0 Å². The first-order valence-corrected chi connectivity index (χ1v) is 10.8. The molecule has 0 radical (unpaired) electrons. The predicted molar refractivity (Wildman–Crippen MR) is 126 cm³/mol. The zero-order valence-corrected chi connectivity index (χ0v) is 18.3. The molecule has 8 heteroatoms. The largest absolute Gasteiger partial charge is 0.339 e. The number of hydrogen-bond donors (Lipinski definition) is 3. The maximum absolute atomic E-state index is 13.0. The summed E-state index contributed by atoms with van der Waals surface area (Å²) in [5.74, 6) is 0.593. The van der Waals surface area contributed by atoms with E-state index in [0.29, 0.717) is 35.9 Å². The Kier molecular flexibility index (Phi) is 6.31. The summed E-state index contributed by atoms with van der Waals surface area (Å²) in [6.45, 7) is 2.60. The molecule has 1 amide bonds. The van der Waals surface area contributed by atoms with Crippen LogP contribution in [0.1, 0.15) is 53.0 Å². The summed E-state index contributed by atoms with van der Waals surface area (Å²) in [7, 11) is 0. The summed E-state index contributed by atoms with van der Waals surface area (Å²) in [5.41, 5.74) is 1.74. The number of benzene rings is 2. The zero-order chi connectivity index (χ0) is 23.4.